The van der Waals surface area contributed by atoms with Crippen molar-refractivity contribution < 1.29 is 24.0 Å². The highest BCUT2D eigenvalue weighted by Gasteiger charge is 2.42. The molecule has 2 aliphatic heterocycles. The number of benzene rings is 2. The molecule has 0 aromatic heterocycles. The zero-order valence-corrected chi connectivity index (χ0v) is 24.0. The molecule has 11 heteroatoms. The Labute approximate surface area is 240 Å². The molecule has 11 nitrogen and oxygen atoms in total. The van der Waals surface area contributed by atoms with Crippen LogP contribution in [-0.4, -0.2) is 80.9 Å². The minimum absolute atomic E-state index is 0.116. The maximum absolute atomic E-state index is 13.5. The van der Waals surface area contributed by atoms with Crippen LogP contribution in [0.4, 0.5) is 11.4 Å². The number of carbonyl (C=O) groups excluding carboxylic acids is 2. The number of aliphatic imine (C=N–C) groups is 1. The maximum atomic E-state index is 13.5. The minimum Gasteiger partial charge on any atom is -0.495 e. The molecular weight excluding hydrogens is 526 g/mol. The molecule has 41 heavy (non-hydrogen) atoms. The Morgan fingerprint density at radius 1 is 1.07 bits per heavy atom. The third kappa shape index (κ3) is 6.74. The summed E-state index contributed by atoms with van der Waals surface area (Å²) < 4.78 is 10.5. The number of ether oxygens (including phenoxy) is 2. The Morgan fingerprint density at radius 3 is 2.49 bits per heavy atom. The number of anilines is 1. The number of amides is 1. The van der Waals surface area contributed by atoms with Crippen molar-refractivity contribution in [3.05, 3.63) is 75.5 Å². The lowest BCUT2D eigenvalue weighted by Crippen LogP contribution is -2.47. The van der Waals surface area contributed by atoms with Crippen LogP contribution in [0.1, 0.15) is 31.7 Å². The predicted molar refractivity (Wildman–Crippen MR) is 156 cm³/mol. The van der Waals surface area contributed by atoms with Crippen molar-refractivity contribution in [1.82, 2.24) is 10.2 Å². The fourth-order valence-corrected chi connectivity index (χ4v) is 5.66. The average molecular weight is 564 g/mol. The van der Waals surface area contributed by atoms with Crippen molar-refractivity contribution in [2.75, 3.05) is 58.4 Å². The summed E-state index contributed by atoms with van der Waals surface area (Å²) in [4.78, 5) is 46.5. The van der Waals surface area contributed by atoms with Gasteiger partial charge < -0.3 is 19.7 Å². The second kappa shape index (κ2) is 13.4. The van der Waals surface area contributed by atoms with Crippen LogP contribution >= 0.6 is 0 Å². The van der Waals surface area contributed by atoms with Crippen LogP contribution in [0, 0.1) is 16.0 Å². The fraction of sp³-hybridized carbons (Fsp3) is 0.433. The second-order valence-electron chi connectivity index (χ2n) is 10.2. The van der Waals surface area contributed by atoms with Gasteiger partial charge in [-0.25, -0.2) is 0 Å². The van der Waals surface area contributed by atoms with Crippen molar-refractivity contribution >= 4 is 29.0 Å². The van der Waals surface area contributed by atoms with E-state index in [-0.39, 0.29) is 11.6 Å². The van der Waals surface area contributed by atoms with Crippen molar-refractivity contribution in [2.24, 2.45) is 10.9 Å². The molecule has 1 N–H and O–H groups in total. The number of hydrogen-bond acceptors (Lipinski definition) is 9. The Bertz CT molecular complexity index is 1350. The molecule has 4 rings (SSSR count). The normalized spacial score (nSPS) is 19.4. The molecule has 2 atom stereocenters. The van der Waals surface area contributed by atoms with Gasteiger partial charge in [0.25, 0.3) is 5.69 Å². The Morgan fingerprint density at radius 2 is 1.80 bits per heavy atom. The zero-order chi connectivity index (χ0) is 29.5. The smallest absolute Gasteiger partial charge is 0.315 e. The van der Waals surface area contributed by atoms with E-state index >= 15 is 0 Å². The fourth-order valence-electron chi connectivity index (χ4n) is 5.66. The number of hydrogen-bond donors (Lipinski definition) is 1. The van der Waals surface area contributed by atoms with Gasteiger partial charge in [0.2, 0.25) is 5.91 Å². The Hall–Kier alpha value is -4.25. The molecule has 0 bridgehead atoms. The summed E-state index contributed by atoms with van der Waals surface area (Å²) in [6.07, 6.45) is 0.747. The van der Waals surface area contributed by atoms with Gasteiger partial charge in [-0.15, -0.1) is 0 Å². The Balaban J connectivity index is 1.40. The number of para-hydroxylation sites is 2. The molecule has 0 radical (unpaired) electrons. The maximum Gasteiger partial charge on any atom is 0.315 e. The van der Waals surface area contributed by atoms with Crippen molar-refractivity contribution in [1.29, 1.82) is 0 Å². The molecule has 1 amide bonds. The first-order valence-corrected chi connectivity index (χ1v) is 13.7. The quantitative estimate of drug-likeness (QED) is 0.201. The van der Waals surface area contributed by atoms with Gasteiger partial charge in [0.05, 0.1) is 24.8 Å². The summed E-state index contributed by atoms with van der Waals surface area (Å²) in [6.45, 7) is 8.27. The van der Waals surface area contributed by atoms with Gasteiger partial charge >= 0.3 is 5.97 Å². The highest BCUT2D eigenvalue weighted by atomic mass is 16.6. The largest absolute Gasteiger partial charge is 0.495 e. The van der Waals surface area contributed by atoms with Gasteiger partial charge in [0.15, 0.2) is 0 Å². The third-order valence-electron chi connectivity index (χ3n) is 7.70. The number of nitro groups is 1. The number of non-ortho nitro benzene ring substituents is 1. The monoisotopic (exact) mass is 563 g/mol. The van der Waals surface area contributed by atoms with Crippen LogP contribution in [0.5, 0.6) is 5.75 Å². The lowest BCUT2D eigenvalue weighted by molar-refractivity contribution is -0.384. The second-order valence-corrected chi connectivity index (χ2v) is 10.2. The van der Waals surface area contributed by atoms with E-state index < -0.39 is 22.7 Å². The van der Waals surface area contributed by atoms with E-state index in [0.29, 0.717) is 29.1 Å². The number of carbonyl (C=O) groups is 2. The summed E-state index contributed by atoms with van der Waals surface area (Å²) in [5, 5.41) is 14.5. The first-order chi connectivity index (χ1) is 19.7. The molecule has 2 heterocycles. The topological polar surface area (TPSA) is 127 Å². The van der Waals surface area contributed by atoms with E-state index in [2.05, 4.69) is 26.2 Å². The molecule has 1 fully saturated rings. The number of nitro benzene ring substituents is 1. The summed E-state index contributed by atoms with van der Waals surface area (Å²) in [5.41, 5.74) is 2.76. The van der Waals surface area contributed by atoms with Gasteiger partial charge in [-0.05, 0) is 44.5 Å². The van der Waals surface area contributed by atoms with E-state index in [4.69, 9.17) is 9.47 Å². The van der Waals surface area contributed by atoms with E-state index in [0.717, 1.165) is 50.6 Å². The number of allylic oxidation sites excluding steroid dienone is 1. The lowest BCUT2D eigenvalue weighted by Gasteiger charge is -2.36. The molecule has 0 spiro atoms. The van der Waals surface area contributed by atoms with Crippen LogP contribution < -0.4 is 15.0 Å². The van der Waals surface area contributed by atoms with Crippen molar-refractivity contribution in [3.63, 3.8) is 0 Å². The van der Waals surface area contributed by atoms with E-state index in [9.17, 15) is 19.7 Å². The van der Waals surface area contributed by atoms with Crippen LogP contribution in [0.15, 0.2) is 64.8 Å². The molecule has 2 unspecified atom stereocenters. The number of nitrogens with one attached hydrogen (secondary N) is 1. The first-order valence-electron chi connectivity index (χ1n) is 13.7. The lowest BCUT2D eigenvalue weighted by atomic mass is 9.75. The number of nitrogens with zero attached hydrogens (tertiary/aromatic N) is 4. The zero-order valence-electron chi connectivity index (χ0n) is 24.0. The van der Waals surface area contributed by atoms with Crippen LogP contribution in [0.3, 0.4) is 0 Å². The molecule has 2 aromatic rings. The summed E-state index contributed by atoms with van der Waals surface area (Å²) in [5.74, 6) is -1.65. The number of methoxy groups -OCH3 is 2. The SMILES string of the molecule is COC(=O)C1C(C)=NC(C)=C(C(=O)NCCCN2CCN(c3ccccc3OC)CC2)C1c1cccc([N+](=O)[O-])c1. The van der Waals surface area contributed by atoms with E-state index in [1.807, 2.05) is 18.2 Å². The highest BCUT2D eigenvalue weighted by molar-refractivity contribution is 6.07. The predicted octanol–water partition coefficient (Wildman–Crippen LogP) is 3.55. The summed E-state index contributed by atoms with van der Waals surface area (Å²) in [6, 6.07) is 14.1. The number of piperazine rings is 1. The van der Waals surface area contributed by atoms with Crippen molar-refractivity contribution in [3.8, 4) is 5.75 Å². The molecular formula is C30H37N5O6. The highest BCUT2D eigenvalue weighted by Crippen LogP contribution is 2.40. The van der Waals surface area contributed by atoms with E-state index in [1.54, 1.807) is 33.1 Å². The van der Waals surface area contributed by atoms with Crippen molar-refractivity contribution in [2.45, 2.75) is 26.2 Å². The molecule has 0 aliphatic carbocycles. The minimum atomic E-state index is -0.869. The average Bonchev–Trinajstić information content (AvgIpc) is 2.98. The summed E-state index contributed by atoms with van der Waals surface area (Å²) in [7, 11) is 2.96. The molecule has 1 saturated heterocycles. The third-order valence-corrected chi connectivity index (χ3v) is 7.70. The summed E-state index contributed by atoms with van der Waals surface area (Å²) >= 11 is 0. The van der Waals surface area contributed by atoms with Crippen LogP contribution in [0.25, 0.3) is 0 Å². The number of rotatable bonds is 10. The number of esters is 1. The first kappa shape index (κ1) is 29.7. The van der Waals surface area contributed by atoms with Gasteiger partial charge in [0, 0.05) is 67.8 Å². The molecule has 0 saturated carbocycles. The van der Waals surface area contributed by atoms with Gasteiger partial charge in [-0.2, -0.15) is 0 Å². The molecule has 2 aromatic carbocycles. The van der Waals surface area contributed by atoms with Gasteiger partial charge in [0.1, 0.15) is 11.7 Å². The molecule has 218 valence electrons. The van der Waals surface area contributed by atoms with E-state index in [1.165, 1.54) is 19.2 Å². The Kier molecular flexibility index (Phi) is 9.72. The standard InChI is InChI=1S/C30H37N5O6/c1-20-26(28(27(21(2)32-20)30(37)41-4)22-9-7-10-23(19-22)35(38)39)29(36)31-13-8-14-33-15-17-34(18-16-33)24-11-5-6-12-25(24)40-3/h5-7,9-12,19,27-28H,8,13-18H2,1-4H3,(H,31,36). The van der Waals surface area contributed by atoms with Gasteiger partial charge in [-0.1, -0.05) is 24.3 Å². The van der Waals surface area contributed by atoms with Gasteiger partial charge in [-0.3, -0.25) is 29.6 Å². The van der Waals surface area contributed by atoms with Crippen LogP contribution in [-0.2, 0) is 14.3 Å². The van der Waals surface area contributed by atoms with Crippen LogP contribution in [0.2, 0.25) is 0 Å². The molecule has 2 aliphatic rings.